The van der Waals surface area contributed by atoms with Crippen LogP contribution in [0.3, 0.4) is 0 Å². The second-order valence-corrected chi connectivity index (χ2v) is 7.45. The molecule has 4 rings (SSSR count). The van der Waals surface area contributed by atoms with Gasteiger partial charge in [-0.3, -0.25) is 9.78 Å². The van der Waals surface area contributed by atoms with Crippen LogP contribution >= 0.6 is 0 Å². The number of piperidine rings is 1. The van der Waals surface area contributed by atoms with Gasteiger partial charge >= 0.3 is 0 Å². The summed E-state index contributed by atoms with van der Waals surface area (Å²) in [6.07, 6.45) is 4.24. The quantitative estimate of drug-likeness (QED) is 0.834. The number of carbonyl (C=O) groups is 1. The minimum absolute atomic E-state index is 0.0107. The Bertz CT molecular complexity index is 789. The summed E-state index contributed by atoms with van der Waals surface area (Å²) in [5.41, 5.74) is 1.32. The lowest BCUT2D eigenvalue weighted by Gasteiger charge is -2.39. The highest BCUT2D eigenvalue weighted by atomic mass is 19.1. The minimum atomic E-state index is -0.226. The van der Waals surface area contributed by atoms with E-state index in [2.05, 4.69) is 9.88 Å². The van der Waals surface area contributed by atoms with Gasteiger partial charge in [0.2, 0.25) is 0 Å². The maximum absolute atomic E-state index is 13.2. The highest BCUT2D eigenvalue weighted by molar-refractivity contribution is 5.92. The van der Waals surface area contributed by atoms with Gasteiger partial charge in [-0.25, -0.2) is 4.39 Å². The fourth-order valence-corrected chi connectivity index (χ4v) is 4.07. The Morgan fingerprint density at radius 2 is 1.96 bits per heavy atom. The molecule has 1 atom stereocenters. The standard InChI is InChI=1S/C21H24FN3O2/c1-24(17-7-5-16(22)6-8-17)18-14-21(27-15-18)9-12-25(13-10-21)20(26)19-4-2-3-11-23-19/h2-8,11,18H,9-10,12-15H2,1H3/t18-/m1/s1. The molecular formula is C21H24FN3O2. The zero-order chi connectivity index (χ0) is 18.9. The topological polar surface area (TPSA) is 45.7 Å². The first-order valence-electron chi connectivity index (χ1n) is 9.39. The zero-order valence-corrected chi connectivity index (χ0v) is 15.5. The molecule has 0 N–H and O–H groups in total. The van der Waals surface area contributed by atoms with E-state index < -0.39 is 0 Å². The smallest absolute Gasteiger partial charge is 0.272 e. The van der Waals surface area contributed by atoms with Gasteiger partial charge < -0.3 is 14.5 Å². The average molecular weight is 369 g/mol. The van der Waals surface area contributed by atoms with Gasteiger partial charge in [-0.05, 0) is 55.7 Å². The van der Waals surface area contributed by atoms with E-state index in [1.165, 1.54) is 12.1 Å². The van der Waals surface area contributed by atoms with Crippen molar-refractivity contribution in [2.24, 2.45) is 0 Å². The Hall–Kier alpha value is -2.47. The molecule has 142 valence electrons. The van der Waals surface area contributed by atoms with Crippen LogP contribution in [0.1, 0.15) is 29.8 Å². The van der Waals surface area contributed by atoms with E-state index in [-0.39, 0.29) is 23.4 Å². The van der Waals surface area contributed by atoms with Crippen molar-refractivity contribution in [3.05, 3.63) is 60.2 Å². The third-order valence-corrected chi connectivity index (χ3v) is 5.82. The molecule has 0 unspecified atom stereocenters. The van der Waals surface area contributed by atoms with Crippen molar-refractivity contribution in [1.82, 2.24) is 9.88 Å². The summed E-state index contributed by atoms with van der Waals surface area (Å²) in [5.74, 6) is -0.236. The van der Waals surface area contributed by atoms with Gasteiger partial charge in [0, 0.05) is 32.0 Å². The van der Waals surface area contributed by atoms with Crippen LogP contribution in [0.15, 0.2) is 48.7 Å². The molecule has 2 saturated heterocycles. The summed E-state index contributed by atoms with van der Waals surface area (Å²) >= 11 is 0. The summed E-state index contributed by atoms with van der Waals surface area (Å²) in [6, 6.07) is 12.2. The minimum Gasteiger partial charge on any atom is -0.373 e. The van der Waals surface area contributed by atoms with Crippen molar-refractivity contribution in [3.63, 3.8) is 0 Å². The summed E-state index contributed by atoms with van der Waals surface area (Å²) in [7, 11) is 2.03. The third-order valence-electron chi connectivity index (χ3n) is 5.82. The van der Waals surface area contributed by atoms with E-state index in [1.54, 1.807) is 24.4 Å². The predicted octanol–water partition coefficient (Wildman–Crippen LogP) is 3.12. The molecule has 0 bridgehead atoms. The first kappa shape index (κ1) is 17.9. The molecule has 5 nitrogen and oxygen atoms in total. The Kier molecular flexibility index (Phi) is 4.83. The van der Waals surface area contributed by atoms with Crippen LogP contribution in [-0.4, -0.2) is 54.2 Å². The number of pyridine rings is 1. The van der Waals surface area contributed by atoms with E-state index in [0.717, 1.165) is 24.9 Å². The summed E-state index contributed by atoms with van der Waals surface area (Å²) < 4.78 is 19.4. The number of anilines is 1. The number of likely N-dealkylation sites (N-methyl/N-ethyl adjacent to an activating group) is 1. The van der Waals surface area contributed by atoms with Crippen LogP contribution in [0, 0.1) is 5.82 Å². The van der Waals surface area contributed by atoms with Gasteiger partial charge in [0.1, 0.15) is 11.5 Å². The highest BCUT2D eigenvalue weighted by Crippen LogP contribution is 2.38. The number of likely N-dealkylation sites (tertiary alicyclic amines) is 1. The maximum atomic E-state index is 13.2. The summed E-state index contributed by atoms with van der Waals surface area (Å²) in [6.45, 7) is 2.02. The number of aromatic nitrogens is 1. The van der Waals surface area contributed by atoms with Crippen molar-refractivity contribution < 1.29 is 13.9 Å². The summed E-state index contributed by atoms with van der Waals surface area (Å²) in [4.78, 5) is 20.8. The van der Waals surface area contributed by atoms with E-state index in [1.807, 2.05) is 24.1 Å². The molecule has 2 aromatic rings. The molecule has 6 heteroatoms. The molecule has 27 heavy (non-hydrogen) atoms. The lowest BCUT2D eigenvalue weighted by molar-refractivity contribution is -0.0389. The molecule has 0 radical (unpaired) electrons. The lowest BCUT2D eigenvalue weighted by atomic mass is 9.87. The lowest BCUT2D eigenvalue weighted by Crippen LogP contribution is -2.47. The van der Waals surface area contributed by atoms with Gasteiger partial charge in [0.05, 0.1) is 18.2 Å². The molecule has 2 aliphatic heterocycles. The second kappa shape index (κ2) is 7.27. The fraction of sp³-hybridized carbons (Fsp3) is 0.429. The van der Waals surface area contributed by atoms with Crippen LogP contribution < -0.4 is 4.90 Å². The van der Waals surface area contributed by atoms with Crippen LogP contribution in [0.25, 0.3) is 0 Å². The molecule has 1 amide bonds. The molecule has 0 aliphatic carbocycles. The number of halogens is 1. The molecule has 2 fully saturated rings. The first-order chi connectivity index (χ1) is 13.1. The van der Waals surface area contributed by atoms with Crippen molar-refractivity contribution in [1.29, 1.82) is 0 Å². The second-order valence-electron chi connectivity index (χ2n) is 7.45. The Morgan fingerprint density at radius 1 is 1.22 bits per heavy atom. The largest absolute Gasteiger partial charge is 0.373 e. The first-order valence-corrected chi connectivity index (χ1v) is 9.39. The van der Waals surface area contributed by atoms with Crippen LogP contribution in [-0.2, 0) is 4.74 Å². The SMILES string of the molecule is CN(c1ccc(F)cc1)[C@H]1COC2(CCN(C(=O)c3ccccn3)CC2)C1. The number of benzene rings is 1. The fourth-order valence-electron chi connectivity index (χ4n) is 4.07. The molecule has 1 aromatic heterocycles. The third kappa shape index (κ3) is 3.67. The Morgan fingerprint density at radius 3 is 2.63 bits per heavy atom. The number of rotatable bonds is 3. The van der Waals surface area contributed by atoms with Crippen LogP contribution in [0.4, 0.5) is 10.1 Å². The van der Waals surface area contributed by atoms with Crippen molar-refractivity contribution in [2.45, 2.75) is 30.9 Å². The van der Waals surface area contributed by atoms with Gasteiger partial charge in [0.15, 0.2) is 0 Å². The zero-order valence-electron chi connectivity index (χ0n) is 15.5. The highest BCUT2D eigenvalue weighted by Gasteiger charge is 2.44. The van der Waals surface area contributed by atoms with Crippen molar-refractivity contribution >= 4 is 11.6 Å². The van der Waals surface area contributed by atoms with Gasteiger partial charge in [-0.15, -0.1) is 0 Å². The molecule has 1 aromatic carbocycles. The van der Waals surface area contributed by atoms with E-state index in [4.69, 9.17) is 4.74 Å². The molecular weight excluding hydrogens is 345 g/mol. The molecule has 2 aliphatic rings. The Labute approximate surface area is 158 Å². The number of nitrogens with zero attached hydrogens (tertiary/aromatic N) is 3. The molecule has 0 saturated carbocycles. The van der Waals surface area contributed by atoms with E-state index in [0.29, 0.717) is 25.4 Å². The van der Waals surface area contributed by atoms with E-state index >= 15 is 0 Å². The van der Waals surface area contributed by atoms with Gasteiger partial charge in [0.25, 0.3) is 5.91 Å². The van der Waals surface area contributed by atoms with Crippen molar-refractivity contribution in [2.75, 3.05) is 31.6 Å². The van der Waals surface area contributed by atoms with E-state index in [9.17, 15) is 9.18 Å². The number of carbonyl (C=O) groups excluding carboxylic acids is 1. The number of hydrogen-bond acceptors (Lipinski definition) is 4. The monoisotopic (exact) mass is 369 g/mol. The van der Waals surface area contributed by atoms with Crippen LogP contribution in [0.2, 0.25) is 0 Å². The predicted molar refractivity (Wildman–Crippen MR) is 101 cm³/mol. The van der Waals surface area contributed by atoms with Gasteiger partial charge in [-0.1, -0.05) is 6.07 Å². The molecule has 1 spiro atoms. The van der Waals surface area contributed by atoms with Crippen LogP contribution in [0.5, 0.6) is 0 Å². The number of ether oxygens (including phenoxy) is 1. The van der Waals surface area contributed by atoms with Gasteiger partial charge in [-0.2, -0.15) is 0 Å². The van der Waals surface area contributed by atoms with Crippen molar-refractivity contribution in [3.8, 4) is 0 Å². The normalized spacial score (nSPS) is 21.4. The maximum Gasteiger partial charge on any atom is 0.272 e. The Balaban J connectivity index is 1.36. The molecule has 3 heterocycles. The summed E-state index contributed by atoms with van der Waals surface area (Å²) in [5, 5.41) is 0. The number of hydrogen-bond donors (Lipinski definition) is 0. The average Bonchev–Trinajstić information content (AvgIpc) is 3.12. The number of amides is 1.